The van der Waals surface area contributed by atoms with Gasteiger partial charge in [-0.1, -0.05) is 37.3 Å². The molecule has 0 unspecified atom stereocenters. The smallest absolute Gasteiger partial charge is 0.281 e. The summed E-state index contributed by atoms with van der Waals surface area (Å²) in [5.41, 5.74) is 8.72. The number of aryl methyl sites for hydroxylation is 1. The number of imidazole rings is 1. The van der Waals surface area contributed by atoms with Gasteiger partial charge in [0.15, 0.2) is 10.8 Å². The van der Waals surface area contributed by atoms with Crippen LogP contribution >= 0.6 is 0 Å². The maximum atomic E-state index is 13.8. The second-order valence-electron chi connectivity index (χ2n) is 12.2. The average molecular weight is 676 g/mol. The molecule has 5 rings (SSSR count). The number of aliphatic hydroxyl groups is 1. The molecule has 0 spiro atoms. The summed E-state index contributed by atoms with van der Waals surface area (Å²) in [6.45, 7) is 4.75. The highest BCUT2D eigenvalue weighted by Gasteiger charge is 2.35. The van der Waals surface area contributed by atoms with Crippen molar-refractivity contribution >= 4 is 38.9 Å². The zero-order chi connectivity index (χ0) is 34.6. The first-order valence-corrected chi connectivity index (χ1v) is 17.0. The average Bonchev–Trinajstić information content (AvgIpc) is 3.51. The van der Waals surface area contributed by atoms with E-state index in [1.54, 1.807) is 73.5 Å². The molecule has 2 amide bonds. The fourth-order valence-electron chi connectivity index (χ4n) is 5.52. The van der Waals surface area contributed by atoms with Crippen molar-refractivity contribution in [2.75, 3.05) is 42.5 Å². The molecule has 0 saturated heterocycles. The molecule has 1 aliphatic heterocycles. The van der Waals surface area contributed by atoms with Crippen LogP contribution in [0.4, 0.5) is 17.1 Å². The number of para-hydroxylation sites is 3. The summed E-state index contributed by atoms with van der Waals surface area (Å²) in [6, 6.07) is 18.6. The van der Waals surface area contributed by atoms with Crippen molar-refractivity contribution in [3.05, 3.63) is 95.9 Å². The zero-order valence-electron chi connectivity index (χ0n) is 27.3. The monoisotopic (exact) mass is 675 g/mol. The molecule has 1 aliphatic rings. The zero-order valence-corrected chi connectivity index (χ0v) is 28.1. The van der Waals surface area contributed by atoms with Gasteiger partial charge in [0.2, 0.25) is 0 Å². The van der Waals surface area contributed by atoms with Gasteiger partial charge in [-0.05, 0) is 55.9 Å². The van der Waals surface area contributed by atoms with Crippen molar-refractivity contribution in [3.63, 3.8) is 0 Å². The summed E-state index contributed by atoms with van der Waals surface area (Å²) in [7, 11) is -0.496. The largest absolute Gasteiger partial charge is 0.486 e. The first-order valence-electron chi connectivity index (χ1n) is 15.5. The van der Waals surface area contributed by atoms with E-state index >= 15 is 0 Å². The molecule has 13 nitrogen and oxygen atoms in total. The topological polar surface area (TPSA) is 172 Å². The highest BCUT2D eigenvalue weighted by atomic mass is 32.2. The lowest BCUT2D eigenvalue weighted by molar-refractivity contribution is 0.0344. The molecule has 254 valence electrons. The van der Waals surface area contributed by atoms with Gasteiger partial charge in [0.05, 0.1) is 41.6 Å². The number of hydrogen-bond acceptors (Lipinski definition) is 9. The van der Waals surface area contributed by atoms with Gasteiger partial charge in [-0.2, -0.15) is 8.42 Å². The Bertz CT molecular complexity index is 1880. The summed E-state index contributed by atoms with van der Waals surface area (Å²) in [5.74, 6) is -0.732. The van der Waals surface area contributed by atoms with Gasteiger partial charge >= 0.3 is 0 Å². The van der Waals surface area contributed by atoms with E-state index < -0.39 is 22.2 Å². The highest BCUT2D eigenvalue weighted by Crippen LogP contribution is 2.36. The molecule has 3 aromatic carbocycles. The SMILES string of the molecule is C[C@H]1CN([C@@H](C)CO)C(=O)c2cccc(NS(=O)(=O)c3cn(C)cn3)c2O[C@@H]1CN(C)Cc1ccc(C(=O)Nc2ccccc2N)cc1. The number of anilines is 3. The molecule has 0 aliphatic carbocycles. The van der Waals surface area contributed by atoms with Crippen molar-refractivity contribution < 1.29 is 27.9 Å². The molecule has 4 aromatic rings. The Labute approximate surface area is 280 Å². The lowest BCUT2D eigenvalue weighted by Crippen LogP contribution is -2.49. The van der Waals surface area contributed by atoms with Crippen molar-refractivity contribution in [1.29, 1.82) is 0 Å². The molecule has 0 saturated carbocycles. The molecule has 5 N–H and O–H groups in total. The van der Waals surface area contributed by atoms with Crippen LogP contribution in [0.3, 0.4) is 0 Å². The number of hydrogen-bond donors (Lipinski definition) is 4. The summed E-state index contributed by atoms with van der Waals surface area (Å²) < 4.78 is 37.1. The maximum absolute atomic E-state index is 13.8. The van der Waals surface area contributed by atoms with Crippen LogP contribution in [-0.2, 0) is 23.6 Å². The molecule has 0 fully saturated rings. The number of sulfonamides is 1. The van der Waals surface area contributed by atoms with E-state index in [0.717, 1.165) is 5.56 Å². The third-order valence-electron chi connectivity index (χ3n) is 8.26. The number of nitrogens with zero attached hydrogens (tertiary/aromatic N) is 4. The predicted octanol–water partition coefficient (Wildman–Crippen LogP) is 3.41. The number of nitrogens with one attached hydrogen (secondary N) is 2. The Morgan fingerprint density at radius 1 is 1.12 bits per heavy atom. The minimum absolute atomic E-state index is 0.107. The fourth-order valence-corrected chi connectivity index (χ4v) is 6.56. The van der Waals surface area contributed by atoms with Crippen LogP contribution in [0.2, 0.25) is 0 Å². The van der Waals surface area contributed by atoms with Gasteiger partial charge in [-0.25, -0.2) is 4.98 Å². The van der Waals surface area contributed by atoms with Gasteiger partial charge in [-0.3, -0.25) is 19.2 Å². The Balaban J connectivity index is 1.36. The predicted molar refractivity (Wildman–Crippen MR) is 183 cm³/mol. The van der Waals surface area contributed by atoms with E-state index in [0.29, 0.717) is 36.6 Å². The second-order valence-corrected chi connectivity index (χ2v) is 13.9. The second kappa shape index (κ2) is 14.5. The van der Waals surface area contributed by atoms with Gasteiger partial charge in [0, 0.05) is 44.4 Å². The molecule has 14 heteroatoms. The first kappa shape index (κ1) is 34.4. The number of nitrogens with two attached hydrogens (primary N) is 1. The number of carbonyl (C=O) groups excluding carboxylic acids is 2. The van der Waals surface area contributed by atoms with Crippen LogP contribution in [0.5, 0.6) is 5.75 Å². The first-order chi connectivity index (χ1) is 22.9. The number of benzene rings is 3. The normalized spacial score (nSPS) is 17.2. The van der Waals surface area contributed by atoms with E-state index in [-0.39, 0.29) is 46.4 Å². The third kappa shape index (κ3) is 7.78. The minimum atomic E-state index is -4.10. The highest BCUT2D eigenvalue weighted by molar-refractivity contribution is 7.92. The van der Waals surface area contributed by atoms with E-state index in [1.165, 1.54) is 17.1 Å². The number of nitrogen functional groups attached to an aromatic ring is 1. The molecule has 48 heavy (non-hydrogen) atoms. The number of likely N-dealkylation sites (N-methyl/N-ethyl adjacent to an activating group) is 1. The van der Waals surface area contributed by atoms with Crippen LogP contribution in [0.1, 0.15) is 40.1 Å². The molecule has 0 bridgehead atoms. The van der Waals surface area contributed by atoms with Crippen molar-refractivity contribution in [1.82, 2.24) is 19.4 Å². The van der Waals surface area contributed by atoms with Gasteiger partial charge in [0.25, 0.3) is 21.8 Å². The number of amides is 2. The number of aromatic nitrogens is 2. The number of ether oxygens (including phenoxy) is 1. The maximum Gasteiger partial charge on any atom is 0.281 e. The molecule has 3 atom stereocenters. The summed E-state index contributed by atoms with van der Waals surface area (Å²) in [5, 5.41) is 12.6. The van der Waals surface area contributed by atoms with Crippen molar-refractivity contribution in [2.24, 2.45) is 13.0 Å². The Kier molecular flexibility index (Phi) is 10.4. The molecular formula is C34H41N7O6S. The van der Waals surface area contributed by atoms with Gasteiger partial charge in [0.1, 0.15) is 6.10 Å². The van der Waals surface area contributed by atoms with Crippen LogP contribution in [-0.4, -0.2) is 83.6 Å². The Morgan fingerprint density at radius 3 is 2.50 bits per heavy atom. The molecule has 0 radical (unpaired) electrons. The standard InChI is InChI=1S/C34H41N7O6S/c1-22-16-41(23(2)20-42)34(44)26-8-7-11-29(38-48(45,46)31-19-40(4)21-36-31)32(26)47-30(22)18-39(3)17-24-12-14-25(15-13-24)33(43)37-28-10-6-5-9-27(28)35/h5-15,19,21-23,30,38,42H,16-18,20,35H2,1-4H3,(H,37,43)/t22-,23-,30+/m0/s1. The fraction of sp³-hybridized carbons (Fsp3) is 0.324. The van der Waals surface area contributed by atoms with Crippen LogP contribution in [0.15, 0.2) is 84.3 Å². The lowest BCUT2D eigenvalue weighted by Gasteiger charge is -2.38. The number of fused-ring (bicyclic) bond motifs is 1. The van der Waals surface area contributed by atoms with Crippen LogP contribution in [0, 0.1) is 5.92 Å². The Hall–Kier alpha value is -4.92. The van der Waals surface area contributed by atoms with Crippen LogP contribution < -0.4 is 20.5 Å². The van der Waals surface area contributed by atoms with Crippen LogP contribution in [0.25, 0.3) is 0 Å². The summed E-state index contributed by atoms with van der Waals surface area (Å²) in [4.78, 5) is 34.2. The van der Waals surface area contributed by atoms with Crippen molar-refractivity contribution in [3.8, 4) is 5.75 Å². The van der Waals surface area contributed by atoms with E-state index in [4.69, 9.17) is 10.5 Å². The lowest BCUT2D eigenvalue weighted by atomic mass is 9.99. The van der Waals surface area contributed by atoms with E-state index in [9.17, 15) is 23.1 Å². The van der Waals surface area contributed by atoms with E-state index in [2.05, 4.69) is 19.9 Å². The van der Waals surface area contributed by atoms with E-state index in [1.807, 2.05) is 26.1 Å². The van der Waals surface area contributed by atoms with Gasteiger partial charge < -0.3 is 30.4 Å². The Morgan fingerprint density at radius 2 is 1.83 bits per heavy atom. The molecular weight excluding hydrogens is 634 g/mol. The summed E-state index contributed by atoms with van der Waals surface area (Å²) in [6.07, 6.45) is 2.29. The summed E-state index contributed by atoms with van der Waals surface area (Å²) >= 11 is 0. The number of aliphatic hydroxyl groups excluding tert-OH is 1. The number of rotatable bonds is 11. The molecule has 1 aromatic heterocycles. The van der Waals surface area contributed by atoms with Gasteiger partial charge in [-0.15, -0.1) is 0 Å². The molecule has 2 heterocycles. The van der Waals surface area contributed by atoms with Crippen molar-refractivity contribution in [2.45, 2.75) is 37.6 Å². The third-order valence-corrected chi connectivity index (χ3v) is 9.51. The number of carbonyl (C=O) groups is 2. The quantitative estimate of drug-likeness (QED) is 0.174. The minimum Gasteiger partial charge on any atom is -0.486 e.